The number of esters is 2. The lowest BCUT2D eigenvalue weighted by Gasteiger charge is -2.19. The average molecular weight is 322 g/mol. The van der Waals surface area contributed by atoms with E-state index in [4.69, 9.17) is 9.47 Å². The summed E-state index contributed by atoms with van der Waals surface area (Å²) in [7, 11) is 0. The van der Waals surface area contributed by atoms with Crippen LogP contribution < -0.4 is 0 Å². The van der Waals surface area contributed by atoms with Crippen molar-refractivity contribution in [1.29, 1.82) is 0 Å². The second kappa shape index (κ2) is 11.3. The molecule has 0 heterocycles. The van der Waals surface area contributed by atoms with Crippen LogP contribution in [-0.4, -0.2) is 28.7 Å². The van der Waals surface area contributed by atoms with Gasteiger partial charge in [0.2, 0.25) is 6.29 Å². The molecule has 6 heteroatoms. The van der Waals surface area contributed by atoms with E-state index < -0.39 is 6.29 Å². The third-order valence-corrected chi connectivity index (χ3v) is 3.89. The summed E-state index contributed by atoms with van der Waals surface area (Å²) in [6.07, 6.45) is 2.49. The van der Waals surface area contributed by atoms with Crippen molar-refractivity contribution >= 4 is 37.2 Å². The summed E-state index contributed by atoms with van der Waals surface area (Å²) in [5, 5.41) is -0.0511. The van der Waals surface area contributed by atoms with Gasteiger partial charge in [-0.05, 0) is 19.3 Å². The van der Waals surface area contributed by atoms with Crippen LogP contribution in [0, 0.1) is 0 Å². The third kappa shape index (κ3) is 9.53. The van der Waals surface area contributed by atoms with E-state index in [9.17, 15) is 9.59 Å². The Balaban J connectivity index is 4.27. The molecule has 0 aromatic rings. The van der Waals surface area contributed by atoms with Crippen molar-refractivity contribution in [3.8, 4) is 0 Å². The Morgan fingerprint density at radius 1 is 0.900 bits per heavy atom. The smallest absolute Gasteiger partial charge is 0.309 e. The summed E-state index contributed by atoms with van der Waals surface area (Å²) < 4.78 is 10.4. The van der Waals surface area contributed by atoms with Gasteiger partial charge in [-0.25, -0.2) is 0 Å². The van der Waals surface area contributed by atoms with Crippen LogP contribution >= 0.6 is 25.3 Å². The van der Waals surface area contributed by atoms with Crippen molar-refractivity contribution < 1.29 is 19.1 Å². The molecule has 0 N–H and O–H groups in total. The van der Waals surface area contributed by atoms with E-state index in [2.05, 4.69) is 25.3 Å². The molecule has 0 radical (unpaired) electrons. The molecular formula is C14H26O4S2. The minimum absolute atomic E-state index is 0.0256. The lowest BCUT2D eigenvalue weighted by atomic mass is 10.2. The molecule has 2 atom stereocenters. The highest BCUT2D eigenvalue weighted by Crippen LogP contribution is 2.13. The molecule has 0 fully saturated rings. The van der Waals surface area contributed by atoms with Crippen LogP contribution in [0.2, 0.25) is 0 Å². The van der Waals surface area contributed by atoms with Crippen molar-refractivity contribution in [2.45, 2.75) is 76.1 Å². The van der Waals surface area contributed by atoms with Gasteiger partial charge in [0, 0.05) is 16.9 Å². The number of thiol groups is 2. The maximum atomic E-state index is 11.7. The molecule has 0 amide bonds. The van der Waals surface area contributed by atoms with Crippen molar-refractivity contribution in [3.63, 3.8) is 0 Å². The summed E-state index contributed by atoms with van der Waals surface area (Å²) in [5.41, 5.74) is 0. The number of carbonyl (C=O) groups excluding carboxylic acids is 2. The van der Waals surface area contributed by atoms with Gasteiger partial charge in [-0.3, -0.25) is 9.59 Å². The van der Waals surface area contributed by atoms with E-state index >= 15 is 0 Å². The van der Waals surface area contributed by atoms with Gasteiger partial charge in [-0.15, -0.1) is 0 Å². The van der Waals surface area contributed by atoms with Gasteiger partial charge in [0.15, 0.2) is 0 Å². The van der Waals surface area contributed by atoms with Gasteiger partial charge >= 0.3 is 11.9 Å². The topological polar surface area (TPSA) is 52.6 Å². The minimum Gasteiger partial charge on any atom is -0.425 e. The van der Waals surface area contributed by atoms with Gasteiger partial charge < -0.3 is 9.47 Å². The van der Waals surface area contributed by atoms with Crippen molar-refractivity contribution in [2.75, 3.05) is 0 Å². The zero-order chi connectivity index (χ0) is 15.5. The van der Waals surface area contributed by atoms with Crippen LogP contribution in [0.1, 0.15) is 59.3 Å². The lowest BCUT2D eigenvalue weighted by Crippen LogP contribution is -2.26. The fraction of sp³-hybridized carbons (Fsp3) is 0.857. The van der Waals surface area contributed by atoms with Gasteiger partial charge in [0.25, 0.3) is 0 Å². The summed E-state index contributed by atoms with van der Waals surface area (Å²) in [6, 6.07) is 0. The quantitative estimate of drug-likeness (QED) is 0.368. The highest BCUT2D eigenvalue weighted by atomic mass is 32.1. The SMILES string of the molecule is CCCC(OC(=O)CC(S)CC)OC(=O)CC(S)CC. The van der Waals surface area contributed by atoms with Crippen LogP contribution in [-0.2, 0) is 19.1 Å². The first kappa shape index (κ1) is 19.6. The number of ether oxygens (including phenoxy) is 2. The summed E-state index contributed by atoms with van der Waals surface area (Å²) in [6.45, 7) is 5.84. The zero-order valence-corrected chi connectivity index (χ0v) is 14.3. The summed E-state index contributed by atoms with van der Waals surface area (Å²) in [4.78, 5) is 23.4. The molecular weight excluding hydrogens is 296 g/mol. The maximum absolute atomic E-state index is 11.7. The van der Waals surface area contributed by atoms with Gasteiger partial charge in [0.05, 0.1) is 12.8 Å². The fourth-order valence-electron chi connectivity index (χ4n) is 1.44. The van der Waals surface area contributed by atoms with Crippen LogP contribution in [0.4, 0.5) is 0 Å². The molecule has 2 unspecified atom stereocenters. The van der Waals surface area contributed by atoms with E-state index in [0.29, 0.717) is 6.42 Å². The molecule has 4 nitrogen and oxygen atoms in total. The molecule has 0 rings (SSSR count). The van der Waals surface area contributed by atoms with Crippen LogP contribution in [0.15, 0.2) is 0 Å². The minimum atomic E-state index is -0.797. The Morgan fingerprint density at radius 3 is 1.60 bits per heavy atom. The second-order valence-electron chi connectivity index (χ2n) is 4.73. The Bertz CT molecular complexity index is 271. The molecule has 0 saturated heterocycles. The number of hydrogen-bond acceptors (Lipinski definition) is 6. The average Bonchev–Trinajstić information content (AvgIpc) is 2.38. The van der Waals surface area contributed by atoms with Crippen molar-refractivity contribution in [3.05, 3.63) is 0 Å². The third-order valence-electron chi connectivity index (χ3n) is 2.80. The number of carbonyl (C=O) groups is 2. The van der Waals surface area contributed by atoms with E-state index in [1.54, 1.807) is 0 Å². The number of hydrogen-bond donors (Lipinski definition) is 2. The predicted molar refractivity (Wildman–Crippen MR) is 86.2 cm³/mol. The first-order valence-electron chi connectivity index (χ1n) is 7.17. The standard InChI is InChI=1S/C14H26O4S2/c1-4-7-14(17-12(15)8-10(19)5-2)18-13(16)9-11(20)6-3/h10-11,14,19-20H,4-9H2,1-3H3. The van der Waals surface area contributed by atoms with Gasteiger partial charge in [-0.2, -0.15) is 25.3 Å². The highest BCUT2D eigenvalue weighted by molar-refractivity contribution is 7.81. The monoisotopic (exact) mass is 322 g/mol. The Hall–Kier alpha value is -0.360. The van der Waals surface area contributed by atoms with Crippen molar-refractivity contribution in [2.24, 2.45) is 0 Å². The van der Waals surface area contributed by atoms with E-state index in [0.717, 1.165) is 19.3 Å². The maximum Gasteiger partial charge on any atom is 0.309 e. The summed E-state index contributed by atoms with van der Waals surface area (Å²) >= 11 is 8.51. The summed E-state index contributed by atoms with van der Waals surface area (Å²) in [5.74, 6) is -0.757. The predicted octanol–water partition coefficient (Wildman–Crippen LogP) is 3.40. The molecule has 20 heavy (non-hydrogen) atoms. The van der Waals surface area contributed by atoms with Crippen LogP contribution in [0.3, 0.4) is 0 Å². The Morgan fingerprint density at radius 2 is 1.30 bits per heavy atom. The first-order valence-corrected chi connectivity index (χ1v) is 8.21. The molecule has 0 aromatic heterocycles. The normalized spacial score (nSPS) is 15.2. The Kier molecular flexibility index (Phi) is 11.1. The number of rotatable bonds is 10. The van der Waals surface area contributed by atoms with E-state index in [1.165, 1.54) is 0 Å². The molecule has 118 valence electrons. The molecule has 0 aliphatic heterocycles. The van der Waals surface area contributed by atoms with Crippen LogP contribution in [0.5, 0.6) is 0 Å². The molecule has 0 spiro atoms. The Labute approximate surface area is 132 Å². The molecule has 0 aliphatic carbocycles. The molecule has 0 aromatic carbocycles. The van der Waals surface area contributed by atoms with Gasteiger partial charge in [-0.1, -0.05) is 20.8 Å². The molecule has 0 aliphatic rings. The van der Waals surface area contributed by atoms with Crippen molar-refractivity contribution in [1.82, 2.24) is 0 Å². The molecule has 0 saturated carbocycles. The highest BCUT2D eigenvalue weighted by Gasteiger charge is 2.20. The van der Waals surface area contributed by atoms with Gasteiger partial charge in [0.1, 0.15) is 0 Å². The molecule has 0 bridgehead atoms. The van der Waals surface area contributed by atoms with Crippen LogP contribution in [0.25, 0.3) is 0 Å². The second-order valence-corrected chi connectivity index (χ2v) is 6.19. The lowest BCUT2D eigenvalue weighted by molar-refractivity contribution is -0.189. The van der Waals surface area contributed by atoms with E-state index in [-0.39, 0.29) is 35.3 Å². The largest absolute Gasteiger partial charge is 0.425 e. The fourth-order valence-corrected chi connectivity index (χ4v) is 1.74. The van der Waals surface area contributed by atoms with E-state index in [1.807, 2.05) is 20.8 Å². The first-order chi connectivity index (χ1) is 9.42. The zero-order valence-electron chi connectivity index (χ0n) is 12.5.